The molecule has 0 saturated carbocycles. The zero-order valence-corrected chi connectivity index (χ0v) is 19.6. The topological polar surface area (TPSA) is 74.3 Å². The second-order valence-electron chi connectivity index (χ2n) is 7.99. The van der Waals surface area contributed by atoms with Crippen LogP contribution in [0, 0.1) is 6.92 Å². The van der Waals surface area contributed by atoms with Crippen LogP contribution in [-0.2, 0) is 24.4 Å². The largest absolute Gasteiger partial charge is 0.487 e. The number of H-pyrrole nitrogens is 1. The average Bonchev–Trinajstić information content (AvgIpc) is 3.19. The lowest BCUT2D eigenvalue weighted by Gasteiger charge is -2.18. The van der Waals surface area contributed by atoms with Crippen molar-refractivity contribution in [3.63, 3.8) is 0 Å². The van der Waals surface area contributed by atoms with Gasteiger partial charge in [-0.2, -0.15) is 0 Å². The minimum atomic E-state index is -0.935. The summed E-state index contributed by atoms with van der Waals surface area (Å²) in [6.07, 6.45) is 2.18. The highest BCUT2D eigenvalue weighted by molar-refractivity contribution is 6.35. The van der Waals surface area contributed by atoms with Gasteiger partial charge in [0.1, 0.15) is 18.4 Å². The third kappa shape index (κ3) is 5.69. The zero-order valence-electron chi connectivity index (χ0n) is 18.1. The molecule has 3 aromatic carbocycles. The molecular formula is C26H24Cl2N2O3. The van der Waals surface area contributed by atoms with E-state index in [0.717, 1.165) is 22.0 Å². The first kappa shape index (κ1) is 23.2. The molecule has 33 heavy (non-hydrogen) atoms. The number of aromatic amines is 1. The van der Waals surface area contributed by atoms with E-state index in [2.05, 4.69) is 10.3 Å². The Hall–Kier alpha value is -2.99. The lowest BCUT2D eigenvalue weighted by Crippen LogP contribution is -2.38. The van der Waals surface area contributed by atoms with E-state index in [-0.39, 0.29) is 6.54 Å². The summed E-state index contributed by atoms with van der Waals surface area (Å²) in [5, 5.41) is 14.8. The Morgan fingerprint density at radius 1 is 1.09 bits per heavy atom. The van der Waals surface area contributed by atoms with Gasteiger partial charge in [-0.3, -0.25) is 10.1 Å². The molecule has 7 heteroatoms. The maximum atomic E-state index is 12.0. The Kier molecular flexibility index (Phi) is 7.23. The highest BCUT2D eigenvalue weighted by atomic mass is 35.5. The molecule has 1 heterocycles. The fourth-order valence-electron chi connectivity index (χ4n) is 3.75. The van der Waals surface area contributed by atoms with Gasteiger partial charge in [-0.05, 0) is 36.2 Å². The fourth-order valence-corrected chi connectivity index (χ4v) is 4.34. The Balaban J connectivity index is 1.50. The zero-order chi connectivity index (χ0) is 23.4. The molecule has 0 spiro atoms. The van der Waals surface area contributed by atoms with E-state index in [9.17, 15) is 9.90 Å². The standard InChI is InChI=1S/C26H24Cl2N2O3/c1-16-6-8-17(9-7-16)15-33-25-19(10-20(27)12-22(25)28)14-30-24(26(31)32)11-18-13-29-23-5-3-2-4-21(18)23/h2-10,12-13,24,29-30H,11,14-15H2,1H3,(H,31,32)/t24-/m0/s1. The molecule has 0 radical (unpaired) electrons. The lowest BCUT2D eigenvalue weighted by atomic mass is 10.0. The number of rotatable bonds is 9. The number of fused-ring (bicyclic) bond motifs is 1. The number of hydrogen-bond donors (Lipinski definition) is 3. The van der Waals surface area contributed by atoms with Crippen LogP contribution >= 0.6 is 23.2 Å². The van der Waals surface area contributed by atoms with E-state index in [1.165, 1.54) is 5.56 Å². The van der Waals surface area contributed by atoms with Gasteiger partial charge in [0.15, 0.2) is 0 Å². The van der Waals surface area contributed by atoms with Gasteiger partial charge in [0.25, 0.3) is 0 Å². The maximum absolute atomic E-state index is 12.0. The van der Waals surface area contributed by atoms with Crippen molar-refractivity contribution in [2.75, 3.05) is 0 Å². The molecular weight excluding hydrogens is 459 g/mol. The minimum absolute atomic E-state index is 0.239. The summed E-state index contributed by atoms with van der Waals surface area (Å²) in [6, 6.07) is 18.4. The Labute approximate surface area is 202 Å². The van der Waals surface area contributed by atoms with E-state index in [1.54, 1.807) is 12.1 Å². The summed E-state index contributed by atoms with van der Waals surface area (Å²) in [5.74, 6) is -0.444. The summed E-state index contributed by atoms with van der Waals surface area (Å²) in [7, 11) is 0. The number of hydrogen-bond acceptors (Lipinski definition) is 3. The number of nitrogens with one attached hydrogen (secondary N) is 2. The smallest absolute Gasteiger partial charge is 0.321 e. The number of carboxylic acid groups (broad SMARTS) is 1. The van der Waals surface area contributed by atoms with Crippen LogP contribution < -0.4 is 10.1 Å². The first-order chi connectivity index (χ1) is 15.9. The molecule has 5 nitrogen and oxygen atoms in total. The molecule has 1 aromatic heterocycles. The van der Waals surface area contributed by atoms with E-state index in [4.69, 9.17) is 27.9 Å². The summed E-state index contributed by atoms with van der Waals surface area (Å²) in [4.78, 5) is 15.2. The molecule has 0 aliphatic rings. The molecule has 0 aliphatic heterocycles. The van der Waals surface area contributed by atoms with Crippen LogP contribution in [0.25, 0.3) is 10.9 Å². The predicted octanol–water partition coefficient (Wildman–Crippen LogP) is 6.15. The van der Waals surface area contributed by atoms with Crippen molar-refractivity contribution in [2.45, 2.75) is 32.5 Å². The van der Waals surface area contributed by atoms with Crippen LogP contribution in [0.5, 0.6) is 5.75 Å². The molecule has 0 unspecified atom stereocenters. The van der Waals surface area contributed by atoms with Crippen LogP contribution in [-0.4, -0.2) is 22.1 Å². The maximum Gasteiger partial charge on any atom is 0.321 e. The van der Waals surface area contributed by atoms with Gasteiger partial charge in [0.2, 0.25) is 0 Å². The van der Waals surface area contributed by atoms with E-state index in [1.807, 2.05) is 61.7 Å². The van der Waals surface area contributed by atoms with Crippen molar-refractivity contribution in [1.82, 2.24) is 10.3 Å². The van der Waals surface area contributed by atoms with Crippen molar-refractivity contribution in [1.29, 1.82) is 0 Å². The Bertz CT molecular complexity index is 1270. The van der Waals surface area contributed by atoms with Crippen molar-refractivity contribution in [3.05, 3.63) is 99.2 Å². The van der Waals surface area contributed by atoms with Gasteiger partial charge in [-0.25, -0.2) is 0 Å². The highest BCUT2D eigenvalue weighted by Crippen LogP contribution is 2.33. The molecule has 170 valence electrons. The monoisotopic (exact) mass is 482 g/mol. The number of halogens is 2. The molecule has 1 atom stereocenters. The number of para-hydroxylation sites is 1. The third-order valence-corrected chi connectivity index (χ3v) is 6.02. The van der Waals surface area contributed by atoms with Crippen LogP contribution in [0.1, 0.15) is 22.3 Å². The molecule has 0 amide bonds. The summed E-state index contributed by atoms with van der Waals surface area (Å²) >= 11 is 12.7. The third-order valence-electron chi connectivity index (χ3n) is 5.53. The first-order valence-corrected chi connectivity index (χ1v) is 11.3. The van der Waals surface area contributed by atoms with Crippen molar-refractivity contribution in [3.8, 4) is 5.75 Å². The second-order valence-corrected chi connectivity index (χ2v) is 8.83. The lowest BCUT2D eigenvalue weighted by molar-refractivity contribution is -0.139. The normalized spacial score (nSPS) is 12.1. The first-order valence-electron chi connectivity index (χ1n) is 10.6. The van der Waals surface area contributed by atoms with Gasteiger partial charge in [0, 0.05) is 40.7 Å². The van der Waals surface area contributed by atoms with Crippen LogP contribution in [0.2, 0.25) is 10.0 Å². The van der Waals surface area contributed by atoms with Crippen molar-refractivity contribution < 1.29 is 14.6 Å². The van der Waals surface area contributed by atoms with Gasteiger partial charge in [0.05, 0.1) is 5.02 Å². The van der Waals surface area contributed by atoms with E-state index < -0.39 is 12.0 Å². The number of aryl methyl sites for hydroxylation is 1. The van der Waals surface area contributed by atoms with Crippen LogP contribution in [0.3, 0.4) is 0 Å². The van der Waals surface area contributed by atoms with E-state index in [0.29, 0.717) is 34.4 Å². The highest BCUT2D eigenvalue weighted by Gasteiger charge is 2.21. The minimum Gasteiger partial charge on any atom is -0.487 e. The van der Waals surface area contributed by atoms with Crippen LogP contribution in [0.4, 0.5) is 0 Å². The molecule has 0 saturated heterocycles. The van der Waals surface area contributed by atoms with E-state index >= 15 is 0 Å². The summed E-state index contributed by atoms with van der Waals surface area (Å²) in [6.45, 7) is 2.61. The molecule has 0 bridgehead atoms. The van der Waals surface area contributed by atoms with Gasteiger partial charge >= 0.3 is 5.97 Å². The second kappa shape index (κ2) is 10.3. The number of aliphatic carboxylic acids is 1. The van der Waals surface area contributed by atoms with Gasteiger partial charge in [-0.1, -0.05) is 71.2 Å². The van der Waals surface area contributed by atoms with Gasteiger partial charge < -0.3 is 14.8 Å². The van der Waals surface area contributed by atoms with Crippen molar-refractivity contribution >= 4 is 40.1 Å². The SMILES string of the molecule is Cc1ccc(COc2c(Cl)cc(Cl)cc2CN[C@@H](Cc2c[nH]c3ccccc23)C(=O)O)cc1. The summed E-state index contributed by atoms with van der Waals surface area (Å²) < 4.78 is 6.02. The number of benzene rings is 3. The number of carboxylic acids is 1. The Morgan fingerprint density at radius 3 is 2.61 bits per heavy atom. The number of ether oxygens (including phenoxy) is 1. The molecule has 3 N–H and O–H groups in total. The quantitative estimate of drug-likeness (QED) is 0.267. The number of carbonyl (C=O) groups is 1. The fraction of sp³-hybridized carbons (Fsp3) is 0.192. The molecule has 4 rings (SSSR count). The molecule has 4 aromatic rings. The van der Waals surface area contributed by atoms with Gasteiger partial charge in [-0.15, -0.1) is 0 Å². The molecule has 0 fully saturated rings. The average molecular weight is 483 g/mol. The Morgan fingerprint density at radius 2 is 1.85 bits per heavy atom. The number of aromatic nitrogens is 1. The van der Waals surface area contributed by atoms with Crippen molar-refractivity contribution in [2.24, 2.45) is 0 Å². The molecule has 0 aliphatic carbocycles. The summed E-state index contributed by atoms with van der Waals surface area (Å²) in [5.41, 5.74) is 4.79. The predicted molar refractivity (Wildman–Crippen MR) is 132 cm³/mol. The van der Waals surface area contributed by atoms with Crippen LogP contribution in [0.15, 0.2) is 66.9 Å².